The monoisotopic (exact) mass is 589 g/mol. The zero-order valence-corrected chi connectivity index (χ0v) is 23.9. The molecule has 5 aliphatic heterocycles. The maximum Gasteiger partial charge on any atom is 0.318 e. The Hall–Kier alpha value is -3.68. The zero-order chi connectivity index (χ0) is 32.0. The van der Waals surface area contributed by atoms with Crippen molar-refractivity contribution in [3.8, 4) is 24.1 Å². The molecule has 224 valence electrons. The molecule has 2 bridgehead atoms. The van der Waals surface area contributed by atoms with Crippen molar-refractivity contribution < 1.29 is 22.7 Å². The average Bonchev–Trinajstić information content (AvgIpc) is 3.65. The van der Waals surface area contributed by atoms with Crippen molar-refractivity contribution >= 4 is 22.3 Å². The molecule has 1 aromatic heterocycles. The second kappa shape index (κ2) is 10.2. The third-order valence-corrected chi connectivity index (χ3v) is 9.86. The minimum Gasteiger partial charge on any atom is -0.508 e. The lowest BCUT2D eigenvalue weighted by Crippen LogP contribution is -2.52. The highest BCUT2D eigenvalue weighted by Gasteiger charge is 2.49. The van der Waals surface area contributed by atoms with Gasteiger partial charge in [0, 0.05) is 67.4 Å². The fraction of sp³-hybridized carbons (Fsp3) is 0.515. The molecule has 0 radical (unpaired) electrons. The van der Waals surface area contributed by atoms with Gasteiger partial charge in [0.25, 0.3) is 0 Å². The van der Waals surface area contributed by atoms with E-state index < -0.39 is 24.1 Å². The summed E-state index contributed by atoms with van der Waals surface area (Å²) in [5.74, 6) is 2.69. The Morgan fingerprint density at radius 3 is 2.84 bits per heavy atom. The van der Waals surface area contributed by atoms with Gasteiger partial charge >= 0.3 is 6.01 Å². The molecule has 3 aromatic rings. The summed E-state index contributed by atoms with van der Waals surface area (Å²) in [6.07, 6.45) is 6.95. The summed E-state index contributed by atoms with van der Waals surface area (Å²) in [6, 6.07) is 6.56. The number of aromatic hydroxyl groups is 1. The molecule has 8 rings (SSSR count). The second-order valence-electron chi connectivity index (χ2n) is 12.6. The number of aromatic nitrogens is 2. The first-order valence-corrected chi connectivity index (χ1v) is 15.2. The fourth-order valence-corrected chi connectivity index (χ4v) is 7.90. The van der Waals surface area contributed by atoms with E-state index in [1.54, 1.807) is 23.1 Å². The number of terminal acetylenes is 1. The van der Waals surface area contributed by atoms with Crippen molar-refractivity contribution in [1.29, 1.82) is 0 Å². The van der Waals surface area contributed by atoms with E-state index >= 15 is 0 Å². The number of anilines is 2. The van der Waals surface area contributed by atoms with Crippen molar-refractivity contribution in [2.45, 2.75) is 68.8 Å². The summed E-state index contributed by atoms with van der Waals surface area (Å²) in [5, 5.41) is 15.4. The normalized spacial score (nSPS) is 31.3. The molecule has 0 saturated carbocycles. The smallest absolute Gasteiger partial charge is 0.318 e. The molecule has 8 nitrogen and oxygen atoms in total. The number of fused-ring (bicyclic) bond motifs is 5. The van der Waals surface area contributed by atoms with Crippen LogP contribution in [0.2, 0.25) is 0 Å². The molecular weight excluding hydrogens is 550 g/mol. The summed E-state index contributed by atoms with van der Waals surface area (Å²) < 4.78 is 62.2. The van der Waals surface area contributed by atoms with Gasteiger partial charge in [0.1, 0.15) is 30.1 Å². The van der Waals surface area contributed by atoms with Gasteiger partial charge in [0.2, 0.25) is 0 Å². The molecule has 10 heteroatoms. The molecule has 2 N–H and O–H groups in total. The molecule has 0 amide bonds. The third kappa shape index (κ3) is 4.56. The summed E-state index contributed by atoms with van der Waals surface area (Å²) >= 11 is 0. The van der Waals surface area contributed by atoms with Crippen LogP contribution in [0.25, 0.3) is 10.8 Å². The highest BCUT2D eigenvalue weighted by molar-refractivity contribution is 6.00. The van der Waals surface area contributed by atoms with Crippen LogP contribution in [0.15, 0.2) is 24.3 Å². The lowest BCUT2D eigenvalue weighted by atomic mass is 9.95. The molecule has 6 heterocycles. The highest BCUT2D eigenvalue weighted by Crippen LogP contribution is 2.42. The fourth-order valence-electron chi connectivity index (χ4n) is 7.90. The molecule has 4 fully saturated rings. The summed E-state index contributed by atoms with van der Waals surface area (Å²) in [5.41, 5.74) is 0.974. The van der Waals surface area contributed by atoms with Gasteiger partial charge in [-0.05, 0) is 56.2 Å². The number of ether oxygens (including phenoxy) is 1. The van der Waals surface area contributed by atoms with Crippen molar-refractivity contribution in [3.63, 3.8) is 0 Å². The van der Waals surface area contributed by atoms with Crippen LogP contribution >= 0.6 is 0 Å². The predicted molar refractivity (Wildman–Crippen MR) is 161 cm³/mol. The lowest BCUT2D eigenvalue weighted by Gasteiger charge is -2.38. The lowest BCUT2D eigenvalue weighted by molar-refractivity contribution is 0.107. The zero-order valence-electron chi connectivity index (χ0n) is 26.9. The second-order valence-corrected chi connectivity index (χ2v) is 12.6. The van der Waals surface area contributed by atoms with E-state index in [0.717, 1.165) is 31.5 Å². The first-order valence-electron chi connectivity index (χ1n) is 16.7. The molecule has 0 aliphatic carbocycles. The Morgan fingerprint density at radius 1 is 1.19 bits per heavy atom. The van der Waals surface area contributed by atoms with Gasteiger partial charge in [-0.3, -0.25) is 4.90 Å². The molecular formula is C33H36F2N6O2. The Bertz CT molecular complexity index is 1770. The first kappa shape index (κ1) is 23.7. The van der Waals surface area contributed by atoms with Gasteiger partial charge in [-0.15, -0.1) is 6.42 Å². The SMILES string of the molecule is [2H]C([2H])(Oc1nc2c(c(N3C[C@H]4CC[C@@H](C3)N4)n1)CCN(c1cc(O)cc3ccc(F)c(C#C)c13)C2)[C@@]12CCCN1C[C@]([2H])(F)C2. The number of rotatable bonds is 5. The molecule has 2 aromatic carbocycles. The topological polar surface area (TPSA) is 77.0 Å². The maximum atomic E-state index is 15.0. The van der Waals surface area contributed by atoms with Gasteiger partial charge in [-0.25, -0.2) is 8.78 Å². The van der Waals surface area contributed by atoms with Crippen molar-refractivity contribution in [2.24, 2.45) is 0 Å². The van der Waals surface area contributed by atoms with Crippen LogP contribution in [-0.2, 0) is 13.0 Å². The van der Waals surface area contributed by atoms with Gasteiger partial charge < -0.3 is 25.0 Å². The standard InChI is InChI=1S/C33H36F2N6O2/c1-2-25-27(35)7-4-20-12-24(42)13-29(30(20)25)39-11-8-26-28(18-39)37-32(38-31(26)40-16-22-5-6-23(17-40)36-22)43-19-33-9-3-10-41(33)15-21(34)14-33/h1,4,7,12-13,21-23,36,42H,3,5-6,8-11,14-19H2/t21-,22-,23+,33+/m1/s1/i19D2,21D. The number of hydrogen-bond donors (Lipinski definition) is 2. The number of benzene rings is 2. The molecule has 4 saturated heterocycles. The van der Waals surface area contributed by atoms with Gasteiger partial charge in [0.05, 0.1) is 27.5 Å². The highest BCUT2D eigenvalue weighted by atomic mass is 19.1. The van der Waals surface area contributed by atoms with Gasteiger partial charge in [0.15, 0.2) is 0 Å². The molecule has 0 spiro atoms. The van der Waals surface area contributed by atoms with Crippen LogP contribution in [-0.4, -0.2) is 83.0 Å². The number of nitrogens with zero attached hydrogens (tertiary/aromatic N) is 5. The van der Waals surface area contributed by atoms with E-state index in [9.17, 15) is 13.9 Å². The van der Waals surface area contributed by atoms with Crippen LogP contribution in [0.5, 0.6) is 11.8 Å². The van der Waals surface area contributed by atoms with Crippen LogP contribution in [0, 0.1) is 18.2 Å². The number of hydrogen-bond acceptors (Lipinski definition) is 8. The minimum absolute atomic E-state index is 0.0232. The number of nitrogens with one attached hydrogen (secondary N) is 1. The average molecular weight is 590 g/mol. The quantitative estimate of drug-likeness (QED) is 0.434. The van der Waals surface area contributed by atoms with E-state index in [2.05, 4.69) is 16.1 Å². The predicted octanol–water partition coefficient (Wildman–Crippen LogP) is 3.91. The summed E-state index contributed by atoms with van der Waals surface area (Å²) in [7, 11) is 0. The number of piperazine rings is 1. The Morgan fingerprint density at radius 2 is 2.02 bits per heavy atom. The number of phenols is 1. The van der Waals surface area contributed by atoms with Crippen LogP contribution < -0.4 is 19.9 Å². The maximum absolute atomic E-state index is 15.0. The minimum atomic E-state index is -2.36. The van der Waals surface area contributed by atoms with E-state index in [1.165, 1.54) is 6.07 Å². The van der Waals surface area contributed by atoms with Gasteiger partial charge in [-0.2, -0.15) is 9.97 Å². The third-order valence-electron chi connectivity index (χ3n) is 9.86. The molecule has 5 aliphatic rings. The van der Waals surface area contributed by atoms with Crippen molar-refractivity contribution in [3.05, 3.63) is 46.9 Å². The Kier molecular flexibility index (Phi) is 5.63. The number of alkyl halides is 1. The molecule has 0 unspecified atom stereocenters. The number of halogens is 2. The summed E-state index contributed by atoms with van der Waals surface area (Å²) in [4.78, 5) is 15.6. The Labute approximate surface area is 254 Å². The molecule has 4 atom stereocenters. The first-order chi connectivity index (χ1) is 21.9. The number of phenolic OH excluding ortho intramolecular Hbond substituents is 1. The van der Waals surface area contributed by atoms with Crippen molar-refractivity contribution in [1.82, 2.24) is 20.2 Å². The van der Waals surface area contributed by atoms with E-state index in [1.807, 2.05) is 4.90 Å². The van der Waals surface area contributed by atoms with Crippen LogP contribution in [0.3, 0.4) is 0 Å². The van der Waals surface area contributed by atoms with Gasteiger partial charge in [-0.1, -0.05) is 12.0 Å². The van der Waals surface area contributed by atoms with E-state index in [-0.39, 0.29) is 36.8 Å². The Balaban J connectivity index is 1.20. The van der Waals surface area contributed by atoms with E-state index in [4.69, 9.17) is 25.2 Å². The van der Waals surface area contributed by atoms with Crippen LogP contribution in [0.1, 0.15) is 53.0 Å². The van der Waals surface area contributed by atoms with Crippen molar-refractivity contribution in [2.75, 3.05) is 49.1 Å². The van der Waals surface area contributed by atoms with Crippen LogP contribution in [0.4, 0.5) is 20.3 Å². The van der Waals surface area contributed by atoms with E-state index in [0.29, 0.717) is 72.4 Å². The summed E-state index contributed by atoms with van der Waals surface area (Å²) in [6.45, 7) is 0.269. The molecule has 43 heavy (non-hydrogen) atoms. The largest absolute Gasteiger partial charge is 0.508 e.